The highest BCUT2D eigenvalue weighted by molar-refractivity contribution is 5.95. The second-order valence-corrected chi connectivity index (χ2v) is 5.92. The lowest BCUT2D eigenvalue weighted by atomic mass is 10.2. The maximum absolute atomic E-state index is 13.1. The molecule has 1 aromatic carbocycles. The minimum absolute atomic E-state index is 0.0320. The van der Waals surface area contributed by atoms with E-state index in [2.05, 4.69) is 0 Å². The molecule has 1 heterocycles. The number of nitrogens with two attached hydrogens (primary N) is 1. The molecule has 0 aliphatic heterocycles. The van der Waals surface area contributed by atoms with Crippen molar-refractivity contribution in [3.8, 4) is 0 Å². The zero-order valence-electron chi connectivity index (χ0n) is 14.4. The average Bonchev–Trinajstić information content (AvgIpc) is 2.93. The van der Waals surface area contributed by atoms with E-state index in [-0.39, 0.29) is 25.4 Å². The number of rotatable bonds is 8. The molecular weight excluding hydrogens is 325 g/mol. The standard InChI is InChI=1S/C18H22FN3O3/c1-13-3-8-16(25-13)11-21(2)12-18(24)22(10-9-17(20)23)15-6-4-14(19)5-7-15/h3-8H,9-12H2,1-2H3,(H2,20,23). The highest BCUT2D eigenvalue weighted by atomic mass is 19.1. The molecule has 0 aliphatic carbocycles. The maximum atomic E-state index is 13.1. The molecule has 0 saturated carbocycles. The van der Waals surface area contributed by atoms with E-state index in [4.69, 9.17) is 10.2 Å². The molecule has 6 nitrogen and oxygen atoms in total. The molecule has 0 atom stereocenters. The second kappa shape index (κ2) is 8.43. The van der Waals surface area contributed by atoms with Crippen LogP contribution in [0.5, 0.6) is 0 Å². The summed E-state index contributed by atoms with van der Waals surface area (Å²) in [6, 6.07) is 9.28. The monoisotopic (exact) mass is 347 g/mol. The van der Waals surface area contributed by atoms with Crippen molar-refractivity contribution in [1.82, 2.24) is 4.90 Å². The Morgan fingerprint density at radius 1 is 1.16 bits per heavy atom. The zero-order chi connectivity index (χ0) is 18.4. The third-order valence-corrected chi connectivity index (χ3v) is 3.65. The van der Waals surface area contributed by atoms with E-state index in [1.807, 2.05) is 19.1 Å². The molecule has 1 aromatic heterocycles. The fourth-order valence-corrected chi connectivity index (χ4v) is 2.45. The largest absolute Gasteiger partial charge is 0.465 e. The number of amides is 2. The Morgan fingerprint density at radius 3 is 2.40 bits per heavy atom. The van der Waals surface area contributed by atoms with Gasteiger partial charge < -0.3 is 15.1 Å². The first-order valence-corrected chi connectivity index (χ1v) is 7.93. The maximum Gasteiger partial charge on any atom is 0.241 e. The Bertz CT molecular complexity index is 727. The Kier molecular flexibility index (Phi) is 6.30. The van der Waals surface area contributed by atoms with Gasteiger partial charge in [-0.05, 0) is 50.4 Å². The molecule has 0 spiro atoms. The summed E-state index contributed by atoms with van der Waals surface area (Å²) in [7, 11) is 1.80. The smallest absolute Gasteiger partial charge is 0.241 e. The summed E-state index contributed by atoms with van der Waals surface area (Å²) in [6.07, 6.45) is 0.0320. The van der Waals surface area contributed by atoms with Gasteiger partial charge in [-0.2, -0.15) is 0 Å². The summed E-state index contributed by atoms with van der Waals surface area (Å²) >= 11 is 0. The van der Waals surface area contributed by atoms with Gasteiger partial charge in [0.25, 0.3) is 0 Å². The van der Waals surface area contributed by atoms with Gasteiger partial charge in [-0.15, -0.1) is 0 Å². The van der Waals surface area contributed by atoms with Crippen LogP contribution in [0, 0.1) is 12.7 Å². The number of aryl methyl sites for hydroxylation is 1. The summed E-state index contributed by atoms with van der Waals surface area (Å²) in [6.45, 7) is 2.60. The molecular formula is C18H22FN3O3. The van der Waals surface area contributed by atoms with E-state index in [9.17, 15) is 14.0 Å². The molecule has 0 saturated heterocycles. The minimum atomic E-state index is -0.501. The van der Waals surface area contributed by atoms with Crippen molar-refractivity contribution in [2.75, 3.05) is 25.0 Å². The number of nitrogens with zero attached hydrogens (tertiary/aromatic N) is 2. The molecule has 0 aliphatic rings. The molecule has 2 amide bonds. The quantitative estimate of drug-likeness (QED) is 0.793. The summed E-state index contributed by atoms with van der Waals surface area (Å²) in [5, 5.41) is 0. The van der Waals surface area contributed by atoms with Gasteiger partial charge in [-0.25, -0.2) is 4.39 Å². The lowest BCUT2D eigenvalue weighted by molar-refractivity contribution is -0.120. The first-order valence-electron chi connectivity index (χ1n) is 7.93. The van der Waals surface area contributed by atoms with Crippen molar-refractivity contribution in [3.63, 3.8) is 0 Å². The van der Waals surface area contributed by atoms with Gasteiger partial charge in [-0.3, -0.25) is 14.5 Å². The Hall–Kier alpha value is -2.67. The number of carbonyl (C=O) groups excluding carboxylic acids is 2. The molecule has 0 unspecified atom stereocenters. The number of likely N-dealkylation sites (N-methyl/N-ethyl adjacent to an activating group) is 1. The molecule has 0 radical (unpaired) electrons. The number of hydrogen-bond acceptors (Lipinski definition) is 4. The summed E-state index contributed by atoms with van der Waals surface area (Å²) in [5.41, 5.74) is 5.71. The predicted octanol–water partition coefficient (Wildman–Crippen LogP) is 2.07. The van der Waals surface area contributed by atoms with Crippen LogP contribution < -0.4 is 10.6 Å². The van der Waals surface area contributed by atoms with Gasteiger partial charge in [0.1, 0.15) is 17.3 Å². The number of furan rings is 1. The van der Waals surface area contributed by atoms with Gasteiger partial charge >= 0.3 is 0 Å². The molecule has 2 aromatic rings. The van der Waals surface area contributed by atoms with Crippen molar-refractivity contribution in [3.05, 3.63) is 53.7 Å². The highest BCUT2D eigenvalue weighted by Crippen LogP contribution is 2.16. The number of benzene rings is 1. The summed E-state index contributed by atoms with van der Waals surface area (Å²) in [5.74, 6) is 0.469. The lowest BCUT2D eigenvalue weighted by Gasteiger charge is -2.25. The van der Waals surface area contributed by atoms with Gasteiger partial charge in [0.05, 0.1) is 13.1 Å². The normalized spacial score (nSPS) is 10.9. The lowest BCUT2D eigenvalue weighted by Crippen LogP contribution is -2.40. The zero-order valence-corrected chi connectivity index (χ0v) is 14.4. The molecule has 2 N–H and O–H groups in total. The van der Waals surface area contributed by atoms with Crippen LogP contribution in [-0.4, -0.2) is 36.9 Å². The van der Waals surface area contributed by atoms with Crippen molar-refractivity contribution in [2.45, 2.75) is 19.9 Å². The van der Waals surface area contributed by atoms with Crippen LogP contribution in [0.15, 0.2) is 40.8 Å². The molecule has 134 valence electrons. The van der Waals surface area contributed by atoms with E-state index in [0.29, 0.717) is 12.2 Å². The van der Waals surface area contributed by atoms with Crippen LogP contribution in [-0.2, 0) is 16.1 Å². The fourth-order valence-electron chi connectivity index (χ4n) is 2.45. The van der Waals surface area contributed by atoms with E-state index in [1.165, 1.54) is 29.2 Å². The summed E-state index contributed by atoms with van der Waals surface area (Å²) in [4.78, 5) is 27.0. The molecule has 0 fully saturated rings. The molecule has 2 rings (SSSR count). The van der Waals surface area contributed by atoms with E-state index >= 15 is 0 Å². The van der Waals surface area contributed by atoms with Gasteiger partial charge in [0, 0.05) is 18.7 Å². The van der Waals surface area contributed by atoms with Crippen LogP contribution in [0.1, 0.15) is 17.9 Å². The van der Waals surface area contributed by atoms with Crippen LogP contribution in [0.3, 0.4) is 0 Å². The van der Waals surface area contributed by atoms with Gasteiger partial charge in [0.2, 0.25) is 11.8 Å². The van der Waals surface area contributed by atoms with E-state index in [0.717, 1.165) is 11.5 Å². The van der Waals surface area contributed by atoms with Crippen LogP contribution in [0.2, 0.25) is 0 Å². The third kappa shape index (κ3) is 5.72. The Labute approximate surface area is 146 Å². The second-order valence-electron chi connectivity index (χ2n) is 5.92. The number of halogens is 1. The van der Waals surface area contributed by atoms with Crippen molar-refractivity contribution < 1.29 is 18.4 Å². The van der Waals surface area contributed by atoms with Gasteiger partial charge in [0.15, 0.2) is 0 Å². The third-order valence-electron chi connectivity index (χ3n) is 3.65. The average molecular weight is 347 g/mol. The van der Waals surface area contributed by atoms with E-state index < -0.39 is 11.7 Å². The SMILES string of the molecule is Cc1ccc(CN(C)CC(=O)N(CCC(N)=O)c2ccc(F)cc2)o1. The highest BCUT2D eigenvalue weighted by Gasteiger charge is 2.19. The topological polar surface area (TPSA) is 79.8 Å². The number of carbonyl (C=O) groups is 2. The van der Waals surface area contributed by atoms with Crippen LogP contribution in [0.25, 0.3) is 0 Å². The first kappa shape index (κ1) is 18.7. The summed E-state index contributed by atoms with van der Waals surface area (Å²) < 4.78 is 18.6. The molecule has 25 heavy (non-hydrogen) atoms. The molecule has 7 heteroatoms. The van der Waals surface area contributed by atoms with Crippen LogP contribution in [0.4, 0.5) is 10.1 Å². The first-order chi connectivity index (χ1) is 11.8. The van der Waals surface area contributed by atoms with Gasteiger partial charge in [-0.1, -0.05) is 0 Å². The van der Waals surface area contributed by atoms with Crippen molar-refractivity contribution >= 4 is 17.5 Å². The van der Waals surface area contributed by atoms with Crippen LogP contribution >= 0.6 is 0 Å². The number of hydrogen-bond donors (Lipinski definition) is 1. The Balaban J connectivity index is 2.05. The number of primary amides is 1. The number of anilines is 1. The van der Waals surface area contributed by atoms with E-state index in [1.54, 1.807) is 11.9 Å². The van der Waals surface area contributed by atoms with Crippen molar-refractivity contribution in [2.24, 2.45) is 5.73 Å². The fraction of sp³-hybridized carbons (Fsp3) is 0.333. The predicted molar refractivity (Wildman–Crippen MR) is 92.3 cm³/mol. The molecule has 0 bridgehead atoms. The minimum Gasteiger partial charge on any atom is -0.465 e. The Morgan fingerprint density at radius 2 is 1.84 bits per heavy atom. The van der Waals surface area contributed by atoms with Crippen molar-refractivity contribution in [1.29, 1.82) is 0 Å².